The SMILES string of the molecule is Cc1ccc(C)c(CNc2ccc(F)cc2F)c1. The van der Waals surface area contributed by atoms with E-state index in [0.29, 0.717) is 12.2 Å². The molecule has 1 N–H and O–H groups in total. The Morgan fingerprint density at radius 3 is 2.50 bits per heavy atom. The minimum absolute atomic E-state index is 0.317. The quantitative estimate of drug-likeness (QED) is 0.857. The maximum atomic E-state index is 13.4. The van der Waals surface area contributed by atoms with Crippen molar-refractivity contribution in [1.29, 1.82) is 0 Å². The fourth-order valence-corrected chi connectivity index (χ4v) is 1.81. The summed E-state index contributed by atoms with van der Waals surface area (Å²) in [6, 6.07) is 9.67. The van der Waals surface area contributed by atoms with Crippen LogP contribution >= 0.6 is 0 Å². The number of hydrogen-bond acceptors (Lipinski definition) is 1. The molecule has 0 bridgehead atoms. The van der Waals surface area contributed by atoms with Crippen molar-refractivity contribution >= 4 is 5.69 Å². The van der Waals surface area contributed by atoms with E-state index in [4.69, 9.17) is 0 Å². The molecule has 0 saturated carbocycles. The summed E-state index contributed by atoms with van der Waals surface area (Å²) in [6.45, 7) is 4.55. The van der Waals surface area contributed by atoms with Gasteiger partial charge in [0.2, 0.25) is 0 Å². The normalized spacial score (nSPS) is 10.4. The van der Waals surface area contributed by atoms with Gasteiger partial charge in [0.25, 0.3) is 0 Å². The molecule has 0 radical (unpaired) electrons. The molecule has 2 rings (SSSR count). The molecule has 0 aliphatic heterocycles. The molecular formula is C15H15F2N. The number of benzene rings is 2. The summed E-state index contributed by atoms with van der Waals surface area (Å²) >= 11 is 0. The minimum atomic E-state index is -0.569. The van der Waals surface area contributed by atoms with Crippen LogP contribution in [0.4, 0.5) is 14.5 Å². The van der Waals surface area contributed by atoms with Crippen molar-refractivity contribution in [2.24, 2.45) is 0 Å². The predicted octanol–water partition coefficient (Wildman–Crippen LogP) is 4.19. The lowest BCUT2D eigenvalue weighted by Gasteiger charge is -2.10. The first-order valence-electron chi connectivity index (χ1n) is 5.81. The Hall–Kier alpha value is -1.90. The Morgan fingerprint density at radius 2 is 1.78 bits per heavy atom. The summed E-state index contributed by atoms with van der Waals surface area (Å²) in [5.41, 5.74) is 3.74. The summed E-state index contributed by atoms with van der Waals surface area (Å²) in [4.78, 5) is 0. The van der Waals surface area contributed by atoms with Gasteiger partial charge < -0.3 is 5.32 Å². The van der Waals surface area contributed by atoms with Gasteiger partial charge in [0.05, 0.1) is 5.69 Å². The van der Waals surface area contributed by atoms with Crippen LogP contribution in [-0.4, -0.2) is 0 Å². The summed E-state index contributed by atoms with van der Waals surface area (Å²) in [5.74, 6) is -1.13. The summed E-state index contributed by atoms with van der Waals surface area (Å²) < 4.78 is 26.2. The molecule has 0 amide bonds. The van der Waals surface area contributed by atoms with Gasteiger partial charge in [-0.1, -0.05) is 23.8 Å². The van der Waals surface area contributed by atoms with E-state index in [1.165, 1.54) is 12.1 Å². The van der Waals surface area contributed by atoms with Crippen molar-refractivity contribution in [1.82, 2.24) is 0 Å². The van der Waals surface area contributed by atoms with Gasteiger partial charge in [0, 0.05) is 12.6 Å². The molecule has 0 aliphatic carbocycles. The van der Waals surface area contributed by atoms with Gasteiger partial charge in [-0.2, -0.15) is 0 Å². The maximum Gasteiger partial charge on any atom is 0.149 e. The van der Waals surface area contributed by atoms with Crippen molar-refractivity contribution < 1.29 is 8.78 Å². The molecule has 0 unspecified atom stereocenters. The summed E-state index contributed by atoms with van der Waals surface area (Å²) in [5, 5.41) is 2.98. The fourth-order valence-electron chi connectivity index (χ4n) is 1.81. The monoisotopic (exact) mass is 247 g/mol. The van der Waals surface area contributed by atoms with Gasteiger partial charge in [-0.15, -0.1) is 0 Å². The second kappa shape index (κ2) is 5.17. The Morgan fingerprint density at radius 1 is 1.00 bits per heavy atom. The van der Waals surface area contributed by atoms with Crippen molar-refractivity contribution in [3.8, 4) is 0 Å². The topological polar surface area (TPSA) is 12.0 Å². The van der Waals surface area contributed by atoms with E-state index in [0.717, 1.165) is 22.8 Å². The van der Waals surface area contributed by atoms with Crippen LogP contribution in [0, 0.1) is 25.5 Å². The molecule has 18 heavy (non-hydrogen) atoms. The van der Waals surface area contributed by atoms with Crippen LogP contribution in [0.2, 0.25) is 0 Å². The third-order valence-corrected chi connectivity index (χ3v) is 2.91. The Balaban J connectivity index is 2.13. The number of anilines is 1. The van der Waals surface area contributed by atoms with Crippen LogP contribution in [-0.2, 0) is 6.54 Å². The lowest BCUT2D eigenvalue weighted by Crippen LogP contribution is -2.03. The molecule has 0 aliphatic rings. The second-order valence-electron chi connectivity index (χ2n) is 4.41. The van der Waals surface area contributed by atoms with Crippen molar-refractivity contribution in [2.75, 3.05) is 5.32 Å². The second-order valence-corrected chi connectivity index (χ2v) is 4.41. The Kier molecular flexibility index (Phi) is 3.60. The lowest BCUT2D eigenvalue weighted by molar-refractivity contribution is 0.585. The molecule has 0 saturated heterocycles. The average molecular weight is 247 g/mol. The van der Waals surface area contributed by atoms with Crippen LogP contribution in [0.5, 0.6) is 0 Å². The number of hydrogen-bond donors (Lipinski definition) is 1. The Labute approximate surface area is 105 Å². The number of rotatable bonds is 3. The number of aryl methyl sites for hydroxylation is 2. The van der Waals surface area contributed by atoms with E-state index in [1.807, 2.05) is 26.0 Å². The highest BCUT2D eigenvalue weighted by atomic mass is 19.1. The zero-order valence-corrected chi connectivity index (χ0v) is 10.4. The molecule has 0 heterocycles. The molecule has 0 spiro atoms. The third-order valence-electron chi connectivity index (χ3n) is 2.91. The fraction of sp³-hybridized carbons (Fsp3) is 0.200. The smallest absolute Gasteiger partial charge is 0.149 e. The Bertz CT molecular complexity index is 564. The van der Waals surface area contributed by atoms with Crippen molar-refractivity contribution in [3.05, 3.63) is 64.7 Å². The van der Waals surface area contributed by atoms with E-state index in [2.05, 4.69) is 11.4 Å². The van der Waals surface area contributed by atoms with Gasteiger partial charge >= 0.3 is 0 Å². The van der Waals surface area contributed by atoms with Crippen molar-refractivity contribution in [2.45, 2.75) is 20.4 Å². The first-order chi connectivity index (χ1) is 8.56. The standard InChI is InChI=1S/C15H15F2N/c1-10-3-4-11(2)12(7-10)9-18-15-6-5-13(16)8-14(15)17/h3-8,18H,9H2,1-2H3. The van der Waals surface area contributed by atoms with Crippen LogP contribution < -0.4 is 5.32 Å². The van der Waals surface area contributed by atoms with Gasteiger partial charge in [-0.25, -0.2) is 8.78 Å². The molecule has 3 heteroatoms. The molecule has 0 atom stereocenters. The molecule has 2 aromatic rings. The molecule has 94 valence electrons. The van der Waals surface area contributed by atoms with Crippen molar-refractivity contribution in [3.63, 3.8) is 0 Å². The highest BCUT2D eigenvalue weighted by Crippen LogP contribution is 2.17. The van der Waals surface area contributed by atoms with Crippen LogP contribution in [0.1, 0.15) is 16.7 Å². The van der Waals surface area contributed by atoms with Gasteiger partial charge in [0.1, 0.15) is 11.6 Å². The van der Waals surface area contributed by atoms with E-state index in [9.17, 15) is 8.78 Å². The maximum absolute atomic E-state index is 13.4. The first kappa shape index (κ1) is 12.6. The summed E-state index contributed by atoms with van der Waals surface area (Å²) in [6.07, 6.45) is 0. The third kappa shape index (κ3) is 2.86. The average Bonchev–Trinajstić information content (AvgIpc) is 2.32. The van der Waals surface area contributed by atoms with E-state index < -0.39 is 11.6 Å². The molecule has 2 aromatic carbocycles. The van der Waals surface area contributed by atoms with Gasteiger partial charge in [-0.05, 0) is 37.1 Å². The molecule has 0 aromatic heterocycles. The van der Waals surface area contributed by atoms with E-state index >= 15 is 0 Å². The lowest BCUT2D eigenvalue weighted by atomic mass is 10.1. The largest absolute Gasteiger partial charge is 0.379 e. The first-order valence-corrected chi connectivity index (χ1v) is 5.81. The van der Waals surface area contributed by atoms with Gasteiger partial charge in [0.15, 0.2) is 0 Å². The summed E-state index contributed by atoms with van der Waals surface area (Å²) in [7, 11) is 0. The van der Waals surface area contributed by atoms with Crippen LogP contribution in [0.25, 0.3) is 0 Å². The van der Waals surface area contributed by atoms with Crippen LogP contribution in [0.15, 0.2) is 36.4 Å². The van der Waals surface area contributed by atoms with E-state index in [-0.39, 0.29) is 0 Å². The van der Waals surface area contributed by atoms with E-state index in [1.54, 1.807) is 0 Å². The number of nitrogens with one attached hydrogen (secondary N) is 1. The molecule has 1 nitrogen and oxygen atoms in total. The zero-order chi connectivity index (χ0) is 13.1. The zero-order valence-electron chi connectivity index (χ0n) is 10.4. The van der Waals surface area contributed by atoms with Crippen LogP contribution in [0.3, 0.4) is 0 Å². The predicted molar refractivity (Wildman–Crippen MR) is 69.6 cm³/mol. The minimum Gasteiger partial charge on any atom is -0.379 e. The highest BCUT2D eigenvalue weighted by Gasteiger charge is 2.04. The highest BCUT2D eigenvalue weighted by molar-refractivity contribution is 5.46. The molecular weight excluding hydrogens is 232 g/mol. The molecule has 0 fully saturated rings. The van der Waals surface area contributed by atoms with Gasteiger partial charge in [-0.3, -0.25) is 0 Å². The number of halogens is 2.